The molecule has 0 saturated carbocycles. The van der Waals surface area contributed by atoms with Crippen molar-refractivity contribution in [3.05, 3.63) is 28.2 Å². The maximum absolute atomic E-state index is 12.1. The number of hydrogen-bond acceptors (Lipinski definition) is 3. The molecule has 1 aromatic rings. The normalized spacial score (nSPS) is 11.2. The molecule has 1 N–H and O–H groups in total. The Morgan fingerprint density at radius 1 is 1.44 bits per heavy atom. The van der Waals surface area contributed by atoms with Crippen LogP contribution in [0.25, 0.3) is 0 Å². The monoisotopic (exact) mass is 310 g/mol. The molecule has 0 heterocycles. The molecule has 1 aromatic carbocycles. The first-order valence-corrected chi connectivity index (χ1v) is 6.20. The molecular weight excluding hydrogens is 306 g/mol. The molecule has 0 aliphatic heterocycles. The second kappa shape index (κ2) is 4.76. The zero-order chi connectivity index (χ0) is 12.3. The van der Waals surface area contributed by atoms with Gasteiger partial charge in [-0.15, -0.1) is 0 Å². The summed E-state index contributed by atoms with van der Waals surface area (Å²) < 4.78 is 48.1. The lowest BCUT2D eigenvalue weighted by atomic mass is 10.2. The van der Waals surface area contributed by atoms with Crippen LogP contribution in [0.1, 0.15) is 5.56 Å². The Bertz CT molecular complexity index is 539. The zero-order valence-electron chi connectivity index (χ0n) is 7.62. The van der Waals surface area contributed by atoms with Crippen LogP contribution in [0.5, 0.6) is 0 Å². The van der Waals surface area contributed by atoms with Crippen LogP contribution >= 0.6 is 15.9 Å². The number of rotatable bonds is 3. The van der Waals surface area contributed by atoms with Crippen LogP contribution in [0.15, 0.2) is 22.7 Å². The predicted molar refractivity (Wildman–Crippen MR) is 57.4 cm³/mol. The van der Waals surface area contributed by atoms with Crippen LogP contribution in [0.2, 0.25) is 0 Å². The molecule has 4 nitrogen and oxygen atoms in total. The average Bonchev–Trinajstić information content (AvgIpc) is 2.20. The first-order chi connectivity index (χ1) is 7.36. The highest BCUT2D eigenvalue weighted by Crippen LogP contribution is 2.22. The molecule has 0 aliphatic carbocycles. The third-order valence-electron chi connectivity index (χ3n) is 1.59. The molecule has 16 heavy (non-hydrogen) atoms. The van der Waals surface area contributed by atoms with Crippen LogP contribution in [0.3, 0.4) is 0 Å². The molecule has 0 spiro atoms. The third-order valence-corrected chi connectivity index (χ3v) is 3.06. The number of anilines is 1. The van der Waals surface area contributed by atoms with Gasteiger partial charge in [-0.1, -0.05) is 15.9 Å². The van der Waals surface area contributed by atoms with Gasteiger partial charge in [-0.2, -0.15) is 14.0 Å². The maximum Gasteiger partial charge on any atom is 0.355 e. The number of hydrogen-bond donors (Lipinski definition) is 1. The number of sulfonamides is 1. The van der Waals surface area contributed by atoms with Crippen molar-refractivity contribution < 1.29 is 17.2 Å². The largest absolute Gasteiger partial charge is 0.355 e. The highest BCUT2D eigenvalue weighted by atomic mass is 79.9. The van der Waals surface area contributed by atoms with E-state index in [0.717, 1.165) is 0 Å². The van der Waals surface area contributed by atoms with Crippen molar-refractivity contribution in [1.29, 1.82) is 5.26 Å². The molecule has 0 unspecified atom stereocenters. The Balaban J connectivity index is 3.13. The lowest BCUT2D eigenvalue weighted by Crippen LogP contribution is -2.21. The molecule has 0 atom stereocenters. The number of nitrogens with one attached hydrogen (secondary N) is 1. The summed E-state index contributed by atoms with van der Waals surface area (Å²) in [5, 5.41) is 8.69. The first kappa shape index (κ1) is 12.9. The fraction of sp³-hybridized carbons (Fsp3) is 0.125. The Labute approximate surface area is 99.1 Å². The number of benzene rings is 1. The van der Waals surface area contributed by atoms with Gasteiger partial charge < -0.3 is 0 Å². The van der Waals surface area contributed by atoms with Crippen molar-refractivity contribution >= 4 is 31.6 Å². The van der Waals surface area contributed by atoms with Gasteiger partial charge in [-0.3, -0.25) is 4.72 Å². The van der Waals surface area contributed by atoms with E-state index in [1.807, 2.05) is 0 Å². The lowest BCUT2D eigenvalue weighted by Gasteiger charge is -2.08. The second-order valence-electron chi connectivity index (χ2n) is 2.71. The van der Waals surface area contributed by atoms with Gasteiger partial charge in [0.2, 0.25) is 0 Å². The Morgan fingerprint density at radius 3 is 2.56 bits per heavy atom. The molecule has 0 aromatic heterocycles. The molecule has 8 heteroatoms. The molecule has 0 amide bonds. The van der Waals surface area contributed by atoms with Crippen molar-refractivity contribution in [2.45, 2.75) is 5.76 Å². The lowest BCUT2D eigenvalue weighted by molar-refractivity contribution is 0.236. The van der Waals surface area contributed by atoms with Crippen molar-refractivity contribution in [1.82, 2.24) is 0 Å². The highest BCUT2D eigenvalue weighted by molar-refractivity contribution is 9.10. The van der Waals surface area contributed by atoms with Gasteiger partial charge in [0.05, 0.1) is 11.3 Å². The van der Waals surface area contributed by atoms with E-state index in [-0.39, 0.29) is 11.3 Å². The summed E-state index contributed by atoms with van der Waals surface area (Å²) in [4.78, 5) is 0. The standard InChI is InChI=1S/C8H5BrF2N2O2S/c9-6-1-2-7(5(3-6)4-12)13-16(14,15)8(10)11/h1-3,8,13H. The number of nitriles is 1. The van der Waals surface area contributed by atoms with Crippen molar-refractivity contribution in [2.75, 3.05) is 4.72 Å². The van der Waals surface area contributed by atoms with Gasteiger partial charge >= 0.3 is 5.76 Å². The Kier molecular flexibility index (Phi) is 3.83. The van der Waals surface area contributed by atoms with Crippen molar-refractivity contribution in [3.8, 4) is 6.07 Å². The minimum absolute atomic E-state index is 0.0430. The summed E-state index contributed by atoms with van der Waals surface area (Å²) in [5.41, 5.74) is -0.218. The topological polar surface area (TPSA) is 70.0 Å². The summed E-state index contributed by atoms with van der Waals surface area (Å²) in [6, 6.07) is 5.68. The minimum Gasteiger partial charge on any atom is -0.277 e. The fourth-order valence-corrected chi connectivity index (χ4v) is 1.83. The van der Waals surface area contributed by atoms with Gasteiger partial charge in [0, 0.05) is 4.47 Å². The minimum atomic E-state index is -4.75. The summed E-state index contributed by atoms with van der Waals surface area (Å²) in [7, 11) is -4.75. The summed E-state index contributed by atoms with van der Waals surface area (Å²) in [6.07, 6.45) is 0. The first-order valence-electron chi connectivity index (χ1n) is 3.86. The van der Waals surface area contributed by atoms with E-state index in [2.05, 4.69) is 15.9 Å². The molecular formula is C8H5BrF2N2O2S. The smallest absolute Gasteiger partial charge is 0.277 e. The predicted octanol–water partition coefficient (Wildman–Crippen LogP) is 2.29. The second-order valence-corrected chi connectivity index (χ2v) is 5.28. The number of nitrogens with zero attached hydrogens (tertiary/aromatic N) is 1. The van der Waals surface area contributed by atoms with E-state index in [1.54, 1.807) is 10.8 Å². The maximum atomic E-state index is 12.1. The van der Waals surface area contributed by atoms with Crippen LogP contribution < -0.4 is 4.72 Å². The molecule has 0 aliphatic rings. The molecule has 0 bridgehead atoms. The zero-order valence-corrected chi connectivity index (χ0v) is 10.0. The van der Waals surface area contributed by atoms with Crippen LogP contribution in [-0.4, -0.2) is 14.2 Å². The van der Waals surface area contributed by atoms with Crippen LogP contribution in [-0.2, 0) is 10.0 Å². The van der Waals surface area contributed by atoms with Crippen molar-refractivity contribution in [3.63, 3.8) is 0 Å². The summed E-state index contributed by atoms with van der Waals surface area (Å²) >= 11 is 3.07. The van der Waals surface area contributed by atoms with E-state index in [4.69, 9.17) is 5.26 Å². The molecule has 0 fully saturated rings. The number of halogens is 3. The van der Waals surface area contributed by atoms with Crippen LogP contribution in [0.4, 0.5) is 14.5 Å². The van der Waals surface area contributed by atoms with E-state index < -0.39 is 15.8 Å². The van der Waals surface area contributed by atoms with Gasteiger partial charge in [0.1, 0.15) is 6.07 Å². The average molecular weight is 311 g/mol. The fourth-order valence-electron chi connectivity index (χ4n) is 0.896. The van der Waals surface area contributed by atoms with Gasteiger partial charge in [-0.05, 0) is 18.2 Å². The highest BCUT2D eigenvalue weighted by Gasteiger charge is 2.24. The van der Waals surface area contributed by atoms with Gasteiger partial charge in [0.15, 0.2) is 0 Å². The van der Waals surface area contributed by atoms with E-state index in [1.165, 1.54) is 18.2 Å². The third kappa shape index (κ3) is 2.90. The van der Waals surface area contributed by atoms with Gasteiger partial charge in [-0.25, -0.2) is 8.42 Å². The summed E-state index contributed by atoms with van der Waals surface area (Å²) in [6.45, 7) is 0. The molecule has 0 radical (unpaired) electrons. The summed E-state index contributed by atoms with van der Waals surface area (Å²) in [5.74, 6) is -3.54. The Hall–Kier alpha value is -1.20. The number of alkyl halides is 2. The Morgan fingerprint density at radius 2 is 2.06 bits per heavy atom. The molecule has 1 rings (SSSR count). The van der Waals surface area contributed by atoms with Crippen molar-refractivity contribution in [2.24, 2.45) is 0 Å². The van der Waals surface area contributed by atoms with E-state index in [0.29, 0.717) is 4.47 Å². The van der Waals surface area contributed by atoms with Crippen LogP contribution in [0, 0.1) is 11.3 Å². The molecule has 86 valence electrons. The quantitative estimate of drug-likeness (QED) is 0.931. The van der Waals surface area contributed by atoms with E-state index in [9.17, 15) is 17.2 Å². The molecule has 0 saturated heterocycles. The SMILES string of the molecule is N#Cc1cc(Br)ccc1NS(=O)(=O)C(F)F. The van der Waals surface area contributed by atoms with E-state index >= 15 is 0 Å². The van der Waals surface area contributed by atoms with Gasteiger partial charge in [0.25, 0.3) is 10.0 Å².